The highest BCUT2D eigenvalue weighted by molar-refractivity contribution is 14.1. The summed E-state index contributed by atoms with van der Waals surface area (Å²) < 4.78 is 1.26. The number of halogens is 1. The van der Waals surface area contributed by atoms with Crippen molar-refractivity contribution in [3.8, 4) is 0 Å². The molecule has 80 valence electrons. The molecule has 2 aliphatic rings. The van der Waals surface area contributed by atoms with E-state index in [9.17, 15) is 0 Å². The molecule has 0 aromatic heterocycles. The Hall–Kier alpha value is 0.430. The Bertz CT molecular complexity index is 249. The highest BCUT2D eigenvalue weighted by Crippen LogP contribution is 2.59. The monoisotopic (exact) mass is 305 g/mol. The van der Waals surface area contributed by atoms with Gasteiger partial charge in [0, 0.05) is 4.43 Å². The maximum atomic E-state index is 5.97. The van der Waals surface area contributed by atoms with Crippen LogP contribution in [0.4, 0.5) is 0 Å². The maximum absolute atomic E-state index is 5.97. The molecule has 0 radical (unpaired) electrons. The maximum Gasteiger partial charge on any atom is 0.000125 e. The Morgan fingerprint density at radius 2 is 2.43 bits per heavy atom. The quantitative estimate of drug-likeness (QED) is 0.482. The minimum absolute atomic E-state index is 0.489. The van der Waals surface area contributed by atoms with Crippen LogP contribution in [-0.4, -0.2) is 11.0 Å². The molecule has 2 heteroatoms. The third-order valence-corrected chi connectivity index (χ3v) is 4.82. The summed E-state index contributed by atoms with van der Waals surface area (Å²) in [6.45, 7) is 3.17. The predicted octanol–water partition coefficient (Wildman–Crippen LogP) is 3.13. The summed E-state index contributed by atoms with van der Waals surface area (Å²) in [4.78, 5) is 0. The SMILES string of the molecule is CCC1=CC2C(C1)CC2(CN)CCI. The van der Waals surface area contributed by atoms with Crippen LogP contribution < -0.4 is 5.73 Å². The molecule has 3 unspecified atom stereocenters. The van der Waals surface area contributed by atoms with Crippen LogP contribution in [0.1, 0.15) is 32.6 Å². The smallest absolute Gasteiger partial charge is 0.000125 e. The average Bonchev–Trinajstić information content (AvgIpc) is 2.53. The van der Waals surface area contributed by atoms with E-state index in [4.69, 9.17) is 5.73 Å². The zero-order valence-electron chi connectivity index (χ0n) is 8.93. The van der Waals surface area contributed by atoms with Gasteiger partial charge in [-0.05, 0) is 49.5 Å². The molecule has 14 heavy (non-hydrogen) atoms. The summed E-state index contributed by atoms with van der Waals surface area (Å²) in [5.74, 6) is 1.79. The first-order valence-corrected chi connectivity index (χ1v) is 7.24. The first-order valence-electron chi connectivity index (χ1n) is 5.71. The summed E-state index contributed by atoms with van der Waals surface area (Å²) in [5, 5.41) is 0. The summed E-state index contributed by atoms with van der Waals surface area (Å²) in [6, 6.07) is 0. The van der Waals surface area contributed by atoms with Crippen LogP contribution in [0.2, 0.25) is 0 Å². The second kappa shape index (κ2) is 4.12. The van der Waals surface area contributed by atoms with E-state index in [0.717, 1.165) is 18.4 Å². The van der Waals surface area contributed by atoms with E-state index >= 15 is 0 Å². The van der Waals surface area contributed by atoms with Crippen molar-refractivity contribution in [2.24, 2.45) is 23.0 Å². The van der Waals surface area contributed by atoms with Crippen molar-refractivity contribution in [2.75, 3.05) is 11.0 Å². The predicted molar refractivity (Wildman–Crippen MR) is 69.6 cm³/mol. The van der Waals surface area contributed by atoms with Crippen LogP contribution in [0.15, 0.2) is 11.6 Å². The van der Waals surface area contributed by atoms with Gasteiger partial charge in [0.05, 0.1) is 0 Å². The molecule has 0 saturated heterocycles. The largest absolute Gasteiger partial charge is 0.330 e. The van der Waals surface area contributed by atoms with Gasteiger partial charge in [-0.3, -0.25) is 0 Å². The van der Waals surface area contributed by atoms with Crippen molar-refractivity contribution >= 4 is 22.6 Å². The van der Waals surface area contributed by atoms with Gasteiger partial charge in [-0.15, -0.1) is 0 Å². The molecule has 3 atom stereocenters. The van der Waals surface area contributed by atoms with Gasteiger partial charge in [0.15, 0.2) is 0 Å². The lowest BCUT2D eigenvalue weighted by Crippen LogP contribution is -2.50. The summed E-state index contributed by atoms with van der Waals surface area (Å²) in [7, 11) is 0. The third kappa shape index (κ3) is 1.54. The molecule has 0 aromatic rings. The Kier molecular flexibility index (Phi) is 3.22. The van der Waals surface area contributed by atoms with E-state index in [0.29, 0.717) is 5.41 Å². The second-order valence-corrected chi connectivity index (χ2v) is 5.96. The van der Waals surface area contributed by atoms with Gasteiger partial charge in [-0.1, -0.05) is 41.2 Å². The van der Waals surface area contributed by atoms with Gasteiger partial charge in [-0.2, -0.15) is 0 Å². The zero-order chi connectivity index (χ0) is 10.2. The fraction of sp³-hybridized carbons (Fsp3) is 0.833. The first-order chi connectivity index (χ1) is 6.75. The molecule has 1 saturated carbocycles. The van der Waals surface area contributed by atoms with E-state index in [1.807, 2.05) is 0 Å². The Balaban J connectivity index is 2.08. The van der Waals surface area contributed by atoms with Crippen molar-refractivity contribution in [3.05, 3.63) is 11.6 Å². The molecule has 0 aliphatic heterocycles. The van der Waals surface area contributed by atoms with Crippen LogP contribution in [0, 0.1) is 17.3 Å². The second-order valence-electron chi connectivity index (χ2n) is 4.88. The van der Waals surface area contributed by atoms with Crippen LogP contribution >= 0.6 is 22.6 Å². The molecule has 0 spiro atoms. The number of allylic oxidation sites excluding steroid dienone is 2. The van der Waals surface area contributed by atoms with Gasteiger partial charge < -0.3 is 5.73 Å². The minimum atomic E-state index is 0.489. The molecule has 2 rings (SSSR count). The molecule has 1 fully saturated rings. The van der Waals surface area contributed by atoms with Gasteiger partial charge in [0.1, 0.15) is 0 Å². The minimum Gasteiger partial charge on any atom is -0.330 e. The van der Waals surface area contributed by atoms with E-state index < -0.39 is 0 Å². The topological polar surface area (TPSA) is 26.0 Å². The lowest BCUT2D eigenvalue weighted by atomic mass is 9.54. The third-order valence-electron chi connectivity index (χ3n) is 4.28. The number of nitrogens with two attached hydrogens (primary N) is 1. The number of alkyl halides is 1. The normalized spacial score (nSPS) is 40.4. The lowest BCUT2D eigenvalue weighted by molar-refractivity contribution is 0.00690. The molecule has 2 aliphatic carbocycles. The van der Waals surface area contributed by atoms with Gasteiger partial charge in [0.25, 0.3) is 0 Å². The Morgan fingerprint density at radius 3 is 3.00 bits per heavy atom. The Labute approximate surface area is 101 Å². The molecule has 0 aromatic carbocycles. The number of rotatable bonds is 4. The van der Waals surface area contributed by atoms with Crippen LogP contribution in [0.3, 0.4) is 0 Å². The van der Waals surface area contributed by atoms with Crippen molar-refractivity contribution in [1.29, 1.82) is 0 Å². The standard InChI is InChI=1S/C12H20IN/c1-2-9-5-10-7-12(8-14,3-4-13)11(10)6-9/h6,10-11H,2-5,7-8,14H2,1H3. The molecule has 2 N–H and O–H groups in total. The van der Waals surface area contributed by atoms with Crippen LogP contribution in [0.5, 0.6) is 0 Å². The Morgan fingerprint density at radius 1 is 1.64 bits per heavy atom. The highest BCUT2D eigenvalue weighted by Gasteiger charge is 2.53. The van der Waals surface area contributed by atoms with Crippen LogP contribution in [-0.2, 0) is 0 Å². The summed E-state index contributed by atoms with van der Waals surface area (Å²) >= 11 is 2.49. The van der Waals surface area contributed by atoms with Gasteiger partial charge in [-0.25, -0.2) is 0 Å². The highest BCUT2D eigenvalue weighted by atomic mass is 127. The van der Waals surface area contributed by atoms with E-state index in [2.05, 4.69) is 35.6 Å². The first kappa shape index (κ1) is 10.9. The fourth-order valence-corrected chi connectivity index (χ4v) is 4.41. The molecule has 0 amide bonds. The molecular formula is C12H20IN. The molecule has 1 nitrogen and oxygen atoms in total. The van der Waals surface area contributed by atoms with E-state index in [1.54, 1.807) is 5.57 Å². The number of fused-ring (bicyclic) bond motifs is 1. The van der Waals surface area contributed by atoms with Gasteiger partial charge >= 0.3 is 0 Å². The number of hydrogen-bond acceptors (Lipinski definition) is 1. The van der Waals surface area contributed by atoms with Crippen molar-refractivity contribution in [3.63, 3.8) is 0 Å². The average molecular weight is 305 g/mol. The summed E-state index contributed by atoms with van der Waals surface area (Å²) in [5.41, 5.74) is 8.14. The van der Waals surface area contributed by atoms with E-state index in [1.165, 1.54) is 30.1 Å². The van der Waals surface area contributed by atoms with Crippen LogP contribution in [0.25, 0.3) is 0 Å². The summed E-state index contributed by atoms with van der Waals surface area (Å²) in [6.07, 6.45) is 7.87. The lowest BCUT2D eigenvalue weighted by Gasteiger charge is -2.52. The zero-order valence-corrected chi connectivity index (χ0v) is 11.1. The fourth-order valence-electron chi connectivity index (χ4n) is 3.34. The van der Waals surface area contributed by atoms with Gasteiger partial charge in [0.2, 0.25) is 0 Å². The molecule has 0 heterocycles. The van der Waals surface area contributed by atoms with Crippen molar-refractivity contribution < 1.29 is 0 Å². The molecular weight excluding hydrogens is 285 g/mol. The number of hydrogen-bond donors (Lipinski definition) is 1. The van der Waals surface area contributed by atoms with Crippen molar-refractivity contribution in [2.45, 2.75) is 32.6 Å². The van der Waals surface area contributed by atoms with E-state index in [-0.39, 0.29) is 0 Å². The molecule has 0 bridgehead atoms. The van der Waals surface area contributed by atoms with Crippen molar-refractivity contribution in [1.82, 2.24) is 0 Å².